The van der Waals surface area contributed by atoms with E-state index in [-0.39, 0.29) is 0 Å². The number of nitrogens with zero attached hydrogens (tertiary/aromatic N) is 1. The quantitative estimate of drug-likeness (QED) is 0.814. The first-order valence-corrected chi connectivity index (χ1v) is 5.88. The van der Waals surface area contributed by atoms with Crippen molar-refractivity contribution in [2.24, 2.45) is 5.92 Å². The topological polar surface area (TPSA) is 24.9 Å². The lowest BCUT2D eigenvalue weighted by atomic mass is 9.59. The first kappa shape index (κ1) is 10.6. The normalized spacial score (nSPS) is 29.9. The van der Waals surface area contributed by atoms with Crippen molar-refractivity contribution in [1.29, 1.82) is 0 Å². The molecule has 1 aliphatic carbocycles. The molecule has 0 atom stereocenters. The molecule has 1 heterocycles. The Morgan fingerprint density at radius 1 is 1.40 bits per heavy atom. The number of hydrogen-bond acceptors (Lipinski definition) is 2. The van der Waals surface area contributed by atoms with Gasteiger partial charge in [-0.3, -0.25) is 4.98 Å². The molecule has 0 saturated heterocycles. The molecule has 2 nitrogen and oxygen atoms in total. The maximum Gasteiger partial charge on any atom is 0.0270 e. The third-order valence-electron chi connectivity index (χ3n) is 3.48. The largest absolute Gasteiger partial charge is 0.316 e. The zero-order chi connectivity index (χ0) is 10.7. The van der Waals surface area contributed by atoms with Crippen LogP contribution < -0.4 is 5.32 Å². The van der Waals surface area contributed by atoms with Crippen molar-refractivity contribution in [2.45, 2.75) is 32.1 Å². The van der Waals surface area contributed by atoms with Gasteiger partial charge in [0.15, 0.2) is 0 Å². The van der Waals surface area contributed by atoms with E-state index >= 15 is 0 Å². The lowest BCUT2D eigenvalue weighted by molar-refractivity contribution is 0.153. The molecular formula is C13H20N2. The molecule has 0 bridgehead atoms. The molecule has 2 rings (SSSR count). The van der Waals surface area contributed by atoms with E-state index in [4.69, 9.17) is 0 Å². The number of pyridine rings is 1. The van der Waals surface area contributed by atoms with Crippen LogP contribution in [0.2, 0.25) is 0 Å². The smallest absolute Gasteiger partial charge is 0.0270 e. The summed E-state index contributed by atoms with van der Waals surface area (Å²) in [6.07, 6.45) is 6.44. The van der Waals surface area contributed by atoms with E-state index in [2.05, 4.69) is 36.3 Å². The van der Waals surface area contributed by atoms with Gasteiger partial charge in [0.2, 0.25) is 0 Å². The predicted octanol–water partition coefficient (Wildman–Crippen LogP) is 2.36. The second-order valence-electron chi connectivity index (χ2n) is 4.81. The van der Waals surface area contributed by atoms with Crippen molar-refractivity contribution in [3.05, 3.63) is 30.1 Å². The molecular weight excluding hydrogens is 184 g/mol. The van der Waals surface area contributed by atoms with Crippen LogP contribution in [0.4, 0.5) is 0 Å². The fraction of sp³-hybridized carbons (Fsp3) is 0.615. The Balaban J connectivity index is 2.13. The van der Waals surface area contributed by atoms with Crippen molar-refractivity contribution < 1.29 is 0 Å². The summed E-state index contributed by atoms with van der Waals surface area (Å²) in [6, 6.07) is 4.34. The molecule has 0 aliphatic heterocycles. The van der Waals surface area contributed by atoms with Gasteiger partial charge in [-0.15, -0.1) is 0 Å². The highest BCUT2D eigenvalue weighted by atomic mass is 14.9. The van der Waals surface area contributed by atoms with Crippen molar-refractivity contribution in [2.75, 3.05) is 13.1 Å². The van der Waals surface area contributed by atoms with Crippen LogP contribution in [0.5, 0.6) is 0 Å². The standard InChI is InChI=1S/C13H20N2/c1-3-14-10-13(8-11(2)9-13)12-4-6-15-7-5-12/h4-7,11,14H,3,8-10H2,1-2H3. The molecule has 82 valence electrons. The average Bonchev–Trinajstić information content (AvgIpc) is 2.24. The maximum absolute atomic E-state index is 4.10. The van der Waals surface area contributed by atoms with Gasteiger partial charge in [-0.1, -0.05) is 13.8 Å². The summed E-state index contributed by atoms with van der Waals surface area (Å²) >= 11 is 0. The minimum atomic E-state index is 0.387. The summed E-state index contributed by atoms with van der Waals surface area (Å²) in [5.41, 5.74) is 1.84. The Hall–Kier alpha value is -0.890. The fourth-order valence-electron chi connectivity index (χ4n) is 2.83. The minimum absolute atomic E-state index is 0.387. The summed E-state index contributed by atoms with van der Waals surface area (Å²) in [6.45, 7) is 6.67. The van der Waals surface area contributed by atoms with Crippen molar-refractivity contribution >= 4 is 0 Å². The number of hydrogen-bond donors (Lipinski definition) is 1. The van der Waals surface area contributed by atoms with Crippen LogP contribution in [0, 0.1) is 5.92 Å². The zero-order valence-electron chi connectivity index (χ0n) is 9.66. The van der Waals surface area contributed by atoms with Gasteiger partial charge in [0.25, 0.3) is 0 Å². The molecule has 1 fully saturated rings. The average molecular weight is 204 g/mol. The van der Waals surface area contributed by atoms with E-state index in [0.717, 1.165) is 19.0 Å². The van der Waals surface area contributed by atoms with Crippen LogP contribution in [0.25, 0.3) is 0 Å². The second-order valence-corrected chi connectivity index (χ2v) is 4.81. The van der Waals surface area contributed by atoms with E-state index in [1.807, 2.05) is 12.4 Å². The Kier molecular flexibility index (Phi) is 3.06. The van der Waals surface area contributed by atoms with Crippen LogP contribution >= 0.6 is 0 Å². The van der Waals surface area contributed by atoms with E-state index < -0.39 is 0 Å². The van der Waals surface area contributed by atoms with Crippen LogP contribution in [0.15, 0.2) is 24.5 Å². The third-order valence-corrected chi connectivity index (χ3v) is 3.48. The van der Waals surface area contributed by atoms with Gasteiger partial charge in [0.1, 0.15) is 0 Å². The Labute approximate surface area is 92.1 Å². The summed E-state index contributed by atoms with van der Waals surface area (Å²) in [7, 11) is 0. The molecule has 1 saturated carbocycles. The van der Waals surface area contributed by atoms with Gasteiger partial charge >= 0.3 is 0 Å². The molecule has 0 unspecified atom stereocenters. The monoisotopic (exact) mass is 204 g/mol. The van der Waals surface area contributed by atoms with E-state index in [1.165, 1.54) is 18.4 Å². The number of rotatable bonds is 4. The number of aromatic nitrogens is 1. The highest BCUT2D eigenvalue weighted by molar-refractivity contribution is 5.27. The molecule has 0 spiro atoms. The summed E-state index contributed by atoms with van der Waals surface area (Å²) in [5, 5.41) is 3.49. The van der Waals surface area contributed by atoms with Gasteiger partial charge in [0, 0.05) is 24.4 Å². The summed E-state index contributed by atoms with van der Waals surface area (Å²) in [5.74, 6) is 0.872. The van der Waals surface area contributed by atoms with E-state index in [1.54, 1.807) is 0 Å². The van der Waals surface area contributed by atoms with E-state index in [0.29, 0.717) is 5.41 Å². The van der Waals surface area contributed by atoms with Gasteiger partial charge in [-0.05, 0) is 43.0 Å². The highest BCUT2D eigenvalue weighted by Crippen LogP contribution is 2.46. The molecule has 1 aromatic heterocycles. The van der Waals surface area contributed by atoms with Crippen molar-refractivity contribution in [3.63, 3.8) is 0 Å². The Morgan fingerprint density at radius 3 is 2.60 bits per heavy atom. The molecule has 15 heavy (non-hydrogen) atoms. The Bertz CT molecular complexity index is 302. The Morgan fingerprint density at radius 2 is 2.07 bits per heavy atom. The fourth-order valence-corrected chi connectivity index (χ4v) is 2.83. The molecule has 1 aliphatic rings. The second kappa shape index (κ2) is 4.31. The van der Waals surface area contributed by atoms with Crippen molar-refractivity contribution in [3.8, 4) is 0 Å². The van der Waals surface area contributed by atoms with Gasteiger partial charge in [0.05, 0.1) is 0 Å². The van der Waals surface area contributed by atoms with Crippen LogP contribution in [0.3, 0.4) is 0 Å². The molecule has 1 N–H and O–H groups in total. The molecule has 0 amide bonds. The van der Waals surface area contributed by atoms with Gasteiger partial charge in [-0.25, -0.2) is 0 Å². The van der Waals surface area contributed by atoms with Crippen molar-refractivity contribution in [1.82, 2.24) is 10.3 Å². The maximum atomic E-state index is 4.10. The minimum Gasteiger partial charge on any atom is -0.316 e. The zero-order valence-corrected chi connectivity index (χ0v) is 9.66. The highest BCUT2D eigenvalue weighted by Gasteiger charge is 2.42. The summed E-state index contributed by atoms with van der Waals surface area (Å²) in [4.78, 5) is 4.10. The first-order valence-electron chi connectivity index (χ1n) is 5.88. The molecule has 2 heteroatoms. The van der Waals surface area contributed by atoms with Gasteiger partial charge in [-0.2, -0.15) is 0 Å². The van der Waals surface area contributed by atoms with Crippen LogP contribution in [0.1, 0.15) is 32.3 Å². The lowest BCUT2D eigenvalue weighted by Crippen LogP contribution is -2.47. The molecule has 1 aromatic rings. The predicted molar refractivity (Wildman–Crippen MR) is 62.9 cm³/mol. The number of likely N-dealkylation sites (N-methyl/N-ethyl adjacent to an activating group) is 1. The SMILES string of the molecule is CCNCC1(c2ccncc2)CC(C)C1. The van der Waals surface area contributed by atoms with Crippen LogP contribution in [-0.2, 0) is 5.41 Å². The molecule has 0 aromatic carbocycles. The molecule has 0 radical (unpaired) electrons. The third kappa shape index (κ3) is 2.05. The lowest BCUT2D eigenvalue weighted by Gasteiger charge is -2.47. The van der Waals surface area contributed by atoms with Crippen LogP contribution in [-0.4, -0.2) is 18.1 Å². The van der Waals surface area contributed by atoms with E-state index in [9.17, 15) is 0 Å². The number of nitrogens with one attached hydrogen (secondary N) is 1. The first-order chi connectivity index (χ1) is 7.27. The summed E-state index contributed by atoms with van der Waals surface area (Å²) < 4.78 is 0. The van der Waals surface area contributed by atoms with Gasteiger partial charge < -0.3 is 5.32 Å².